The molecule has 0 aliphatic heterocycles. The Morgan fingerprint density at radius 2 is 1.78 bits per heavy atom. The van der Waals surface area contributed by atoms with E-state index in [4.69, 9.17) is 4.98 Å². The normalized spacial score (nSPS) is 11.0. The van der Waals surface area contributed by atoms with E-state index in [0.29, 0.717) is 0 Å². The highest BCUT2D eigenvalue weighted by molar-refractivity contribution is 7.13. The minimum atomic E-state index is 0.803. The smallest absolute Gasteiger partial charge is 0.201 e. The maximum absolute atomic E-state index is 4.70. The topological polar surface area (TPSA) is 53.6 Å². The van der Waals surface area contributed by atoms with Crippen molar-refractivity contribution in [2.24, 2.45) is 0 Å². The fraction of sp³-hybridized carbons (Fsp3) is 0.111. The number of thiazole rings is 1. The SMILES string of the molecule is c1ccc(-c2nc(CCNc3nc4ccccc4[nH]3)cs2)cc1. The average Bonchev–Trinajstić information content (AvgIpc) is 3.22. The summed E-state index contributed by atoms with van der Waals surface area (Å²) in [6.45, 7) is 0.803. The van der Waals surface area contributed by atoms with Crippen LogP contribution < -0.4 is 5.32 Å². The first-order chi connectivity index (χ1) is 11.4. The molecule has 0 spiro atoms. The molecular weight excluding hydrogens is 304 g/mol. The monoisotopic (exact) mass is 320 g/mol. The average molecular weight is 320 g/mol. The predicted molar refractivity (Wildman–Crippen MR) is 95.8 cm³/mol. The summed E-state index contributed by atoms with van der Waals surface area (Å²) in [5.74, 6) is 0.810. The van der Waals surface area contributed by atoms with Gasteiger partial charge in [0, 0.05) is 23.9 Å². The highest BCUT2D eigenvalue weighted by atomic mass is 32.1. The number of hydrogen-bond acceptors (Lipinski definition) is 4. The molecule has 0 unspecified atom stereocenters. The molecule has 0 amide bonds. The van der Waals surface area contributed by atoms with E-state index in [1.54, 1.807) is 11.3 Å². The van der Waals surface area contributed by atoms with Crippen molar-refractivity contribution in [3.8, 4) is 10.6 Å². The molecule has 23 heavy (non-hydrogen) atoms. The molecule has 0 saturated heterocycles. The van der Waals surface area contributed by atoms with Crippen molar-refractivity contribution in [2.75, 3.05) is 11.9 Å². The molecule has 0 bridgehead atoms. The summed E-state index contributed by atoms with van der Waals surface area (Å²) in [6.07, 6.45) is 0.875. The first-order valence-electron chi connectivity index (χ1n) is 7.57. The van der Waals surface area contributed by atoms with Crippen LogP contribution in [0.3, 0.4) is 0 Å². The molecule has 114 valence electrons. The van der Waals surface area contributed by atoms with Crippen LogP contribution in [0.1, 0.15) is 5.69 Å². The number of aromatic nitrogens is 3. The van der Waals surface area contributed by atoms with Crippen LogP contribution in [0.25, 0.3) is 21.6 Å². The Labute approximate surface area is 138 Å². The zero-order valence-electron chi connectivity index (χ0n) is 12.5. The number of nitrogens with one attached hydrogen (secondary N) is 2. The Morgan fingerprint density at radius 1 is 0.957 bits per heavy atom. The van der Waals surface area contributed by atoms with Crippen molar-refractivity contribution < 1.29 is 0 Å². The van der Waals surface area contributed by atoms with Gasteiger partial charge in [0.2, 0.25) is 5.95 Å². The third kappa shape index (κ3) is 3.10. The van der Waals surface area contributed by atoms with Crippen molar-refractivity contribution in [3.05, 3.63) is 65.7 Å². The van der Waals surface area contributed by atoms with Gasteiger partial charge in [-0.25, -0.2) is 9.97 Å². The highest BCUT2D eigenvalue weighted by Gasteiger charge is 2.05. The first kappa shape index (κ1) is 14.0. The minimum Gasteiger partial charge on any atom is -0.355 e. The van der Waals surface area contributed by atoms with Crippen LogP contribution in [-0.2, 0) is 6.42 Å². The molecule has 0 aliphatic rings. The second-order valence-electron chi connectivity index (χ2n) is 5.29. The summed E-state index contributed by atoms with van der Waals surface area (Å²) in [5, 5.41) is 6.53. The van der Waals surface area contributed by atoms with Gasteiger partial charge >= 0.3 is 0 Å². The van der Waals surface area contributed by atoms with E-state index in [0.717, 1.165) is 40.6 Å². The number of rotatable bonds is 5. The van der Waals surface area contributed by atoms with Crippen molar-refractivity contribution in [2.45, 2.75) is 6.42 Å². The van der Waals surface area contributed by atoms with Crippen molar-refractivity contribution >= 4 is 28.3 Å². The number of anilines is 1. The Balaban J connectivity index is 1.39. The van der Waals surface area contributed by atoms with Gasteiger partial charge in [0.25, 0.3) is 0 Å². The molecule has 2 heterocycles. The Hall–Kier alpha value is -2.66. The molecule has 2 aromatic heterocycles. The Bertz CT molecular complexity index is 878. The van der Waals surface area contributed by atoms with Gasteiger partial charge in [0.1, 0.15) is 5.01 Å². The fourth-order valence-electron chi connectivity index (χ4n) is 2.48. The van der Waals surface area contributed by atoms with E-state index in [-0.39, 0.29) is 0 Å². The van der Waals surface area contributed by atoms with Gasteiger partial charge in [-0.3, -0.25) is 0 Å². The highest BCUT2D eigenvalue weighted by Crippen LogP contribution is 2.23. The third-order valence-corrected chi connectivity index (χ3v) is 4.58. The predicted octanol–water partition coefficient (Wildman–Crippen LogP) is 4.34. The zero-order valence-corrected chi connectivity index (χ0v) is 13.3. The number of fused-ring (bicyclic) bond motifs is 1. The van der Waals surface area contributed by atoms with Crippen LogP contribution in [0.4, 0.5) is 5.95 Å². The number of hydrogen-bond donors (Lipinski definition) is 2. The number of para-hydroxylation sites is 2. The lowest BCUT2D eigenvalue weighted by molar-refractivity contribution is 0.965. The van der Waals surface area contributed by atoms with Crippen LogP contribution in [0.5, 0.6) is 0 Å². The summed E-state index contributed by atoms with van der Waals surface area (Å²) in [7, 11) is 0. The zero-order chi connectivity index (χ0) is 15.5. The molecule has 4 rings (SSSR count). The van der Waals surface area contributed by atoms with Crippen LogP contribution >= 0.6 is 11.3 Å². The van der Waals surface area contributed by atoms with Gasteiger partial charge in [-0.05, 0) is 12.1 Å². The van der Waals surface area contributed by atoms with Gasteiger partial charge in [0.05, 0.1) is 16.7 Å². The summed E-state index contributed by atoms with van der Waals surface area (Å²) in [5.41, 5.74) is 4.32. The molecule has 2 aromatic carbocycles. The summed E-state index contributed by atoms with van der Waals surface area (Å²) >= 11 is 1.69. The molecule has 0 saturated carbocycles. The van der Waals surface area contributed by atoms with Crippen LogP contribution in [0, 0.1) is 0 Å². The largest absolute Gasteiger partial charge is 0.355 e. The third-order valence-electron chi connectivity index (χ3n) is 3.64. The molecule has 2 N–H and O–H groups in total. The lowest BCUT2D eigenvalue weighted by Gasteiger charge is -2.00. The van der Waals surface area contributed by atoms with Crippen molar-refractivity contribution in [1.82, 2.24) is 15.0 Å². The molecule has 0 fully saturated rings. The van der Waals surface area contributed by atoms with Crippen LogP contribution in [0.2, 0.25) is 0 Å². The standard InChI is InChI=1S/C18H16N4S/c1-2-6-13(7-3-1)17-20-14(12-23-17)10-11-19-18-21-15-8-4-5-9-16(15)22-18/h1-9,12H,10-11H2,(H2,19,21,22). The molecular formula is C18H16N4S. The van der Waals surface area contributed by atoms with Gasteiger partial charge in [-0.1, -0.05) is 42.5 Å². The Kier molecular flexibility index (Phi) is 3.78. The second-order valence-corrected chi connectivity index (χ2v) is 6.15. The minimum absolute atomic E-state index is 0.803. The summed E-state index contributed by atoms with van der Waals surface area (Å²) in [4.78, 5) is 12.5. The van der Waals surface area contributed by atoms with Crippen LogP contribution in [-0.4, -0.2) is 21.5 Å². The fourth-order valence-corrected chi connectivity index (χ4v) is 3.34. The van der Waals surface area contributed by atoms with E-state index in [1.807, 2.05) is 42.5 Å². The molecule has 4 aromatic rings. The maximum atomic E-state index is 4.70. The van der Waals surface area contributed by atoms with Gasteiger partial charge in [0.15, 0.2) is 0 Å². The van der Waals surface area contributed by atoms with E-state index >= 15 is 0 Å². The number of benzene rings is 2. The molecule has 0 aliphatic carbocycles. The molecule has 0 radical (unpaired) electrons. The molecule has 0 atom stereocenters. The lowest BCUT2D eigenvalue weighted by atomic mass is 10.2. The van der Waals surface area contributed by atoms with Gasteiger partial charge < -0.3 is 10.3 Å². The summed E-state index contributed by atoms with van der Waals surface area (Å²) in [6, 6.07) is 18.3. The number of imidazole rings is 1. The second kappa shape index (κ2) is 6.22. The number of nitrogens with zero attached hydrogens (tertiary/aromatic N) is 2. The Morgan fingerprint density at radius 3 is 2.65 bits per heavy atom. The van der Waals surface area contributed by atoms with Gasteiger partial charge in [-0.2, -0.15) is 0 Å². The van der Waals surface area contributed by atoms with E-state index < -0.39 is 0 Å². The lowest BCUT2D eigenvalue weighted by Crippen LogP contribution is -2.06. The maximum Gasteiger partial charge on any atom is 0.201 e. The van der Waals surface area contributed by atoms with Crippen molar-refractivity contribution in [3.63, 3.8) is 0 Å². The van der Waals surface area contributed by atoms with Crippen LogP contribution in [0.15, 0.2) is 60.0 Å². The summed E-state index contributed by atoms with van der Waals surface area (Å²) < 4.78 is 0. The quantitative estimate of drug-likeness (QED) is 0.575. The molecule has 4 nitrogen and oxygen atoms in total. The van der Waals surface area contributed by atoms with E-state index in [1.165, 1.54) is 5.56 Å². The number of H-pyrrole nitrogens is 1. The van der Waals surface area contributed by atoms with Gasteiger partial charge in [-0.15, -0.1) is 11.3 Å². The van der Waals surface area contributed by atoms with E-state index in [9.17, 15) is 0 Å². The number of aromatic amines is 1. The molecule has 5 heteroatoms. The van der Waals surface area contributed by atoms with E-state index in [2.05, 4.69) is 32.8 Å². The first-order valence-corrected chi connectivity index (χ1v) is 8.45. The van der Waals surface area contributed by atoms with Crippen molar-refractivity contribution in [1.29, 1.82) is 0 Å².